The van der Waals surface area contributed by atoms with E-state index in [2.05, 4.69) is 57.1 Å². The topological polar surface area (TPSA) is 98.5 Å². The standard InChI is InChI=1S/C28H32N2O5S/c1-7-34-25(33)23(31)21-15-36-26(29-21)30-24(32)22-9-8-18(35-22)13-17-14-20-19(12-16(17)2)27(3,4)10-11-28(20,5)6/h8-9,12,14-15H,7,10-11,13H2,1-6H3,(H,29,30,32). The van der Waals surface area contributed by atoms with Crippen LogP contribution in [0.4, 0.5) is 5.13 Å². The monoisotopic (exact) mass is 508 g/mol. The lowest BCUT2D eigenvalue weighted by atomic mass is 9.62. The Hall–Kier alpha value is -3.26. The fraction of sp³-hybridized carbons (Fsp3) is 0.429. The molecule has 1 aliphatic carbocycles. The Morgan fingerprint density at radius 2 is 1.75 bits per heavy atom. The first-order valence-corrected chi connectivity index (χ1v) is 13.0. The molecule has 1 N–H and O–H groups in total. The van der Waals surface area contributed by atoms with E-state index in [-0.39, 0.29) is 34.0 Å². The number of esters is 1. The molecular formula is C28H32N2O5S. The molecule has 0 unspecified atom stereocenters. The van der Waals surface area contributed by atoms with E-state index in [1.54, 1.807) is 19.1 Å². The van der Waals surface area contributed by atoms with E-state index in [4.69, 9.17) is 9.15 Å². The van der Waals surface area contributed by atoms with Gasteiger partial charge in [0.15, 0.2) is 10.9 Å². The van der Waals surface area contributed by atoms with Gasteiger partial charge >= 0.3 is 5.97 Å². The van der Waals surface area contributed by atoms with Gasteiger partial charge in [0.05, 0.1) is 6.61 Å². The van der Waals surface area contributed by atoms with Crippen LogP contribution in [0.2, 0.25) is 0 Å². The summed E-state index contributed by atoms with van der Waals surface area (Å²) in [6.07, 6.45) is 2.89. The minimum absolute atomic E-state index is 0.0668. The number of anilines is 1. The van der Waals surface area contributed by atoms with Gasteiger partial charge in [0.2, 0.25) is 0 Å². The van der Waals surface area contributed by atoms with Crippen LogP contribution < -0.4 is 5.32 Å². The molecule has 3 aromatic rings. The van der Waals surface area contributed by atoms with Crippen molar-refractivity contribution >= 4 is 34.1 Å². The van der Waals surface area contributed by atoms with Gasteiger partial charge < -0.3 is 9.15 Å². The van der Waals surface area contributed by atoms with Crippen molar-refractivity contribution in [3.8, 4) is 0 Å². The largest absolute Gasteiger partial charge is 0.460 e. The Morgan fingerprint density at radius 1 is 1.08 bits per heavy atom. The highest BCUT2D eigenvalue weighted by atomic mass is 32.1. The fourth-order valence-corrected chi connectivity index (χ4v) is 5.32. The molecule has 0 radical (unpaired) electrons. The smallest absolute Gasteiger partial charge is 0.381 e. The van der Waals surface area contributed by atoms with E-state index < -0.39 is 17.7 Å². The molecule has 190 valence electrons. The van der Waals surface area contributed by atoms with Crippen LogP contribution >= 0.6 is 11.3 Å². The number of amides is 1. The summed E-state index contributed by atoms with van der Waals surface area (Å²) in [5.41, 5.74) is 5.41. The van der Waals surface area contributed by atoms with Crippen LogP contribution in [0.1, 0.15) is 96.5 Å². The number of Topliss-reactive ketones (excluding diaryl/α,β-unsaturated/α-hetero) is 1. The number of ether oxygens (including phenoxy) is 1. The van der Waals surface area contributed by atoms with Crippen molar-refractivity contribution in [2.75, 3.05) is 11.9 Å². The van der Waals surface area contributed by atoms with Gasteiger partial charge in [-0.3, -0.25) is 14.9 Å². The number of rotatable bonds is 7. The van der Waals surface area contributed by atoms with Crippen LogP contribution in [0.3, 0.4) is 0 Å². The Bertz CT molecular complexity index is 1330. The van der Waals surface area contributed by atoms with Crippen LogP contribution in [0.5, 0.6) is 0 Å². The van der Waals surface area contributed by atoms with Crippen molar-refractivity contribution in [2.45, 2.75) is 71.6 Å². The summed E-state index contributed by atoms with van der Waals surface area (Å²) in [5.74, 6) is -1.46. The number of thiazole rings is 1. The fourth-order valence-electron chi connectivity index (χ4n) is 4.64. The van der Waals surface area contributed by atoms with E-state index in [1.165, 1.54) is 34.1 Å². The summed E-state index contributed by atoms with van der Waals surface area (Å²) in [6, 6.07) is 8.06. The highest BCUT2D eigenvalue weighted by molar-refractivity contribution is 7.14. The number of hydrogen-bond donors (Lipinski definition) is 1. The van der Waals surface area contributed by atoms with Crippen molar-refractivity contribution in [3.05, 3.63) is 69.1 Å². The molecule has 0 spiro atoms. The molecule has 0 saturated carbocycles. The maximum atomic E-state index is 12.7. The van der Waals surface area contributed by atoms with Gasteiger partial charge in [-0.25, -0.2) is 9.78 Å². The number of aryl methyl sites for hydroxylation is 1. The Labute approximate surface area is 215 Å². The minimum atomic E-state index is -0.972. The Morgan fingerprint density at radius 3 is 2.42 bits per heavy atom. The molecule has 0 aliphatic heterocycles. The number of carbonyl (C=O) groups is 3. The summed E-state index contributed by atoms with van der Waals surface area (Å²) in [6.45, 7) is 13.1. The molecule has 0 atom stereocenters. The van der Waals surface area contributed by atoms with Gasteiger partial charge in [0.25, 0.3) is 11.7 Å². The number of ketones is 1. The molecule has 1 aromatic carbocycles. The van der Waals surface area contributed by atoms with E-state index in [1.807, 2.05) is 0 Å². The van der Waals surface area contributed by atoms with Crippen molar-refractivity contribution in [1.82, 2.24) is 4.98 Å². The van der Waals surface area contributed by atoms with Crippen LogP contribution in [0.25, 0.3) is 0 Å². The van der Waals surface area contributed by atoms with Crippen molar-refractivity contribution in [2.24, 2.45) is 0 Å². The van der Waals surface area contributed by atoms with Crippen LogP contribution in [-0.4, -0.2) is 29.3 Å². The van der Waals surface area contributed by atoms with Crippen LogP contribution in [0.15, 0.2) is 34.1 Å². The van der Waals surface area contributed by atoms with Crippen LogP contribution in [0, 0.1) is 6.92 Å². The molecule has 7 nitrogen and oxygen atoms in total. The number of furan rings is 1. The normalized spacial score (nSPS) is 15.7. The van der Waals surface area contributed by atoms with E-state index in [9.17, 15) is 14.4 Å². The predicted molar refractivity (Wildman–Crippen MR) is 139 cm³/mol. The zero-order chi connectivity index (χ0) is 26.3. The number of carbonyl (C=O) groups excluding carboxylic acids is 3. The lowest BCUT2D eigenvalue weighted by Gasteiger charge is -2.42. The second-order valence-corrected chi connectivity index (χ2v) is 11.4. The Balaban J connectivity index is 1.48. The lowest BCUT2D eigenvalue weighted by Crippen LogP contribution is -2.34. The highest BCUT2D eigenvalue weighted by Gasteiger charge is 2.37. The van der Waals surface area contributed by atoms with Crippen molar-refractivity contribution < 1.29 is 23.5 Å². The summed E-state index contributed by atoms with van der Waals surface area (Å²) >= 11 is 1.05. The Kier molecular flexibility index (Phi) is 6.92. The second kappa shape index (κ2) is 9.65. The highest BCUT2D eigenvalue weighted by Crippen LogP contribution is 2.46. The third-order valence-electron chi connectivity index (χ3n) is 6.98. The molecular weight excluding hydrogens is 476 g/mol. The van der Waals surface area contributed by atoms with Crippen molar-refractivity contribution in [3.63, 3.8) is 0 Å². The maximum Gasteiger partial charge on any atom is 0.381 e. The SMILES string of the molecule is CCOC(=O)C(=O)c1csc(NC(=O)c2ccc(Cc3cc4c(cc3C)C(C)(C)CCC4(C)C)o2)n1. The molecule has 1 amide bonds. The van der Waals surface area contributed by atoms with Crippen LogP contribution in [-0.2, 0) is 26.8 Å². The van der Waals surface area contributed by atoms with Gasteiger partial charge in [0.1, 0.15) is 11.5 Å². The molecule has 4 rings (SSSR count). The van der Waals surface area contributed by atoms with Gasteiger partial charge in [-0.15, -0.1) is 11.3 Å². The first kappa shape index (κ1) is 25.8. The van der Waals surface area contributed by atoms with Gasteiger partial charge in [-0.1, -0.05) is 39.8 Å². The molecule has 2 heterocycles. The summed E-state index contributed by atoms with van der Waals surface area (Å²) in [7, 11) is 0. The summed E-state index contributed by atoms with van der Waals surface area (Å²) in [5, 5.41) is 4.23. The minimum Gasteiger partial charge on any atom is -0.460 e. The number of benzene rings is 1. The number of fused-ring (bicyclic) bond motifs is 1. The third kappa shape index (κ3) is 5.14. The van der Waals surface area contributed by atoms with E-state index in [0.717, 1.165) is 17.8 Å². The van der Waals surface area contributed by atoms with E-state index in [0.29, 0.717) is 12.2 Å². The van der Waals surface area contributed by atoms with Crippen molar-refractivity contribution in [1.29, 1.82) is 0 Å². The number of nitrogens with zero attached hydrogens (tertiary/aromatic N) is 1. The maximum absolute atomic E-state index is 12.7. The molecule has 8 heteroatoms. The number of nitrogens with one attached hydrogen (secondary N) is 1. The van der Waals surface area contributed by atoms with Gasteiger partial charge in [0, 0.05) is 11.8 Å². The molecule has 36 heavy (non-hydrogen) atoms. The molecule has 0 bridgehead atoms. The third-order valence-corrected chi connectivity index (χ3v) is 7.74. The second-order valence-electron chi connectivity index (χ2n) is 10.6. The average Bonchev–Trinajstić information content (AvgIpc) is 3.47. The average molecular weight is 509 g/mol. The van der Waals surface area contributed by atoms with Gasteiger partial charge in [-0.05, 0) is 71.9 Å². The first-order chi connectivity index (χ1) is 16.9. The zero-order valence-electron chi connectivity index (χ0n) is 21.6. The van der Waals surface area contributed by atoms with Gasteiger partial charge in [-0.2, -0.15) is 0 Å². The first-order valence-electron chi connectivity index (χ1n) is 12.1. The number of hydrogen-bond acceptors (Lipinski definition) is 7. The predicted octanol–water partition coefficient (Wildman–Crippen LogP) is 5.98. The lowest BCUT2D eigenvalue weighted by molar-refractivity contribution is -0.137. The van der Waals surface area contributed by atoms with E-state index >= 15 is 0 Å². The quantitative estimate of drug-likeness (QED) is 0.239. The molecule has 1 aliphatic rings. The summed E-state index contributed by atoms with van der Waals surface area (Å²) in [4.78, 5) is 40.3. The zero-order valence-corrected chi connectivity index (χ0v) is 22.4. The summed E-state index contributed by atoms with van der Waals surface area (Å²) < 4.78 is 10.6. The molecule has 0 fully saturated rings. The molecule has 2 aromatic heterocycles. The number of aromatic nitrogens is 1. The molecule has 0 saturated heterocycles.